The van der Waals surface area contributed by atoms with Crippen molar-refractivity contribution in [2.45, 2.75) is 18.2 Å². The SMILES string of the molecule is C=Cc1cccc(S(=O)(=O)O)c1CC. The molecule has 0 fully saturated rings. The lowest BCUT2D eigenvalue weighted by Crippen LogP contribution is -2.03. The molecule has 0 unspecified atom stereocenters. The highest BCUT2D eigenvalue weighted by atomic mass is 32.2. The lowest BCUT2D eigenvalue weighted by atomic mass is 10.1. The Balaban J connectivity index is 3.52. The van der Waals surface area contributed by atoms with E-state index in [1.165, 1.54) is 6.07 Å². The average molecular weight is 212 g/mol. The summed E-state index contributed by atoms with van der Waals surface area (Å²) in [4.78, 5) is -0.0302. The third-order valence-corrected chi connectivity index (χ3v) is 2.96. The van der Waals surface area contributed by atoms with Gasteiger partial charge >= 0.3 is 0 Å². The highest BCUT2D eigenvalue weighted by Gasteiger charge is 2.15. The van der Waals surface area contributed by atoms with E-state index in [0.717, 1.165) is 5.56 Å². The van der Waals surface area contributed by atoms with Gasteiger partial charge < -0.3 is 0 Å². The smallest absolute Gasteiger partial charge is 0.282 e. The topological polar surface area (TPSA) is 54.4 Å². The predicted molar refractivity (Wildman–Crippen MR) is 55.7 cm³/mol. The molecule has 0 radical (unpaired) electrons. The van der Waals surface area contributed by atoms with Crippen LogP contribution in [0.15, 0.2) is 29.7 Å². The molecule has 0 heterocycles. The summed E-state index contributed by atoms with van der Waals surface area (Å²) in [6.45, 7) is 5.42. The summed E-state index contributed by atoms with van der Waals surface area (Å²) in [7, 11) is -4.13. The van der Waals surface area contributed by atoms with Crippen molar-refractivity contribution < 1.29 is 13.0 Å². The predicted octanol–water partition coefficient (Wildman–Crippen LogP) is 2.14. The molecule has 0 spiro atoms. The van der Waals surface area contributed by atoms with Crippen molar-refractivity contribution in [3.8, 4) is 0 Å². The lowest BCUT2D eigenvalue weighted by molar-refractivity contribution is 0.482. The third kappa shape index (κ3) is 2.02. The van der Waals surface area contributed by atoms with Gasteiger partial charge in [0.2, 0.25) is 0 Å². The Kier molecular flexibility index (Phi) is 3.08. The second-order valence-corrected chi connectivity index (χ2v) is 4.25. The van der Waals surface area contributed by atoms with E-state index in [1.807, 2.05) is 6.92 Å². The van der Waals surface area contributed by atoms with Gasteiger partial charge in [-0.2, -0.15) is 8.42 Å². The molecule has 4 heteroatoms. The van der Waals surface area contributed by atoms with E-state index in [4.69, 9.17) is 4.55 Å². The molecule has 0 aliphatic rings. The third-order valence-electron chi connectivity index (χ3n) is 2.02. The molecule has 0 saturated heterocycles. The quantitative estimate of drug-likeness (QED) is 0.781. The van der Waals surface area contributed by atoms with E-state index in [-0.39, 0.29) is 4.90 Å². The first-order valence-electron chi connectivity index (χ1n) is 4.22. The van der Waals surface area contributed by atoms with Crippen molar-refractivity contribution in [2.75, 3.05) is 0 Å². The van der Waals surface area contributed by atoms with Gasteiger partial charge in [0.1, 0.15) is 0 Å². The van der Waals surface area contributed by atoms with Gasteiger partial charge in [-0.3, -0.25) is 4.55 Å². The van der Waals surface area contributed by atoms with Gasteiger partial charge in [0.05, 0.1) is 4.90 Å². The van der Waals surface area contributed by atoms with Crippen LogP contribution in [0.5, 0.6) is 0 Å². The number of hydrogen-bond donors (Lipinski definition) is 1. The number of hydrogen-bond acceptors (Lipinski definition) is 2. The Bertz CT molecular complexity index is 446. The van der Waals surface area contributed by atoms with Gasteiger partial charge in [0, 0.05) is 0 Å². The maximum absolute atomic E-state index is 11.0. The van der Waals surface area contributed by atoms with Crippen LogP contribution in [0, 0.1) is 0 Å². The van der Waals surface area contributed by atoms with Crippen LogP contribution in [-0.2, 0) is 16.5 Å². The molecule has 3 nitrogen and oxygen atoms in total. The van der Waals surface area contributed by atoms with E-state index in [1.54, 1.807) is 18.2 Å². The first kappa shape index (κ1) is 10.9. The molecule has 1 aromatic carbocycles. The molecule has 0 aliphatic carbocycles. The Labute approximate surface area is 83.8 Å². The minimum Gasteiger partial charge on any atom is -0.282 e. The molecule has 0 aliphatic heterocycles. The Hall–Kier alpha value is -1.13. The van der Waals surface area contributed by atoms with Crippen LogP contribution >= 0.6 is 0 Å². The summed E-state index contributed by atoms with van der Waals surface area (Å²) < 4.78 is 31.0. The van der Waals surface area contributed by atoms with Gasteiger partial charge in [-0.15, -0.1) is 0 Å². The van der Waals surface area contributed by atoms with E-state index in [0.29, 0.717) is 12.0 Å². The van der Waals surface area contributed by atoms with Gasteiger partial charge in [-0.05, 0) is 23.6 Å². The highest BCUT2D eigenvalue weighted by molar-refractivity contribution is 7.85. The monoisotopic (exact) mass is 212 g/mol. The molecule has 0 amide bonds. The molecule has 1 aromatic rings. The minimum atomic E-state index is -4.13. The van der Waals surface area contributed by atoms with Crippen molar-refractivity contribution in [1.29, 1.82) is 0 Å². The van der Waals surface area contributed by atoms with Gasteiger partial charge in [0.15, 0.2) is 0 Å². The fourth-order valence-corrected chi connectivity index (χ4v) is 2.22. The standard InChI is InChI=1S/C10H12O3S/c1-3-8-6-5-7-10(9(8)4-2)14(11,12)13/h3,5-7H,1,4H2,2H3,(H,11,12,13). The molecule has 14 heavy (non-hydrogen) atoms. The summed E-state index contributed by atoms with van der Waals surface area (Å²) in [6.07, 6.45) is 2.12. The van der Waals surface area contributed by atoms with E-state index < -0.39 is 10.1 Å². The molecule has 0 saturated carbocycles. The summed E-state index contributed by atoms with van der Waals surface area (Å²) >= 11 is 0. The van der Waals surface area contributed by atoms with Crippen molar-refractivity contribution in [2.24, 2.45) is 0 Å². The molecule has 76 valence electrons. The van der Waals surface area contributed by atoms with Crippen molar-refractivity contribution in [1.82, 2.24) is 0 Å². The maximum Gasteiger partial charge on any atom is 0.294 e. The van der Waals surface area contributed by atoms with Gasteiger partial charge in [-0.25, -0.2) is 0 Å². The van der Waals surface area contributed by atoms with Crippen LogP contribution in [0.25, 0.3) is 6.08 Å². The first-order chi connectivity index (χ1) is 6.50. The minimum absolute atomic E-state index is 0.0302. The van der Waals surface area contributed by atoms with Crippen molar-refractivity contribution >= 4 is 16.2 Å². The molecule has 0 atom stereocenters. The molecule has 1 N–H and O–H groups in total. The van der Waals surface area contributed by atoms with Gasteiger partial charge in [0.25, 0.3) is 10.1 Å². The molecular formula is C10H12O3S. The summed E-state index contributed by atoms with van der Waals surface area (Å²) in [6, 6.07) is 4.74. The van der Waals surface area contributed by atoms with Crippen LogP contribution < -0.4 is 0 Å². The first-order valence-corrected chi connectivity index (χ1v) is 5.66. The summed E-state index contributed by atoms with van der Waals surface area (Å²) in [5.41, 5.74) is 1.34. The van der Waals surface area contributed by atoms with E-state index in [9.17, 15) is 8.42 Å². The zero-order valence-corrected chi connectivity index (χ0v) is 8.71. The molecule has 0 aromatic heterocycles. The normalized spacial score (nSPS) is 11.3. The summed E-state index contributed by atoms with van der Waals surface area (Å²) in [5, 5.41) is 0. The molecular weight excluding hydrogens is 200 g/mol. The summed E-state index contributed by atoms with van der Waals surface area (Å²) in [5.74, 6) is 0. The second kappa shape index (κ2) is 3.94. The Morgan fingerprint density at radius 2 is 2.14 bits per heavy atom. The fraction of sp³-hybridized carbons (Fsp3) is 0.200. The van der Waals surface area contributed by atoms with E-state index >= 15 is 0 Å². The number of rotatable bonds is 3. The fourth-order valence-electron chi connectivity index (χ4n) is 1.39. The van der Waals surface area contributed by atoms with Crippen molar-refractivity contribution in [3.63, 3.8) is 0 Å². The molecule has 0 bridgehead atoms. The Morgan fingerprint density at radius 3 is 2.57 bits per heavy atom. The number of benzene rings is 1. The molecule has 1 rings (SSSR count). The second-order valence-electron chi connectivity index (χ2n) is 2.86. The van der Waals surface area contributed by atoms with Gasteiger partial charge in [-0.1, -0.05) is 31.7 Å². The zero-order valence-electron chi connectivity index (χ0n) is 7.90. The van der Waals surface area contributed by atoms with Crippen LogP contribution in [0.3, 0.4) is 0 Å². The van der Waals surface area contributed by atoms with Crippen LogP contribution in [0.4, 0.5) is 0 Å². The zero-order chi connectivity index (χ0) is 10.8. The average Bonchev–Trinajstić information content (AvgIpc) is 2.15. The van der Waals surface area contributed by atoms with Crippen molar-refractivity contribution in [3.05, 3.63) is 35.9 Å². The largest absolute Gasteiger partial charge is 0.294 e. The van der Waals surface area contributed by atoms with Crippen LogP contribution in [0.1, 0.15) is 18.1 Å². The van der Waals surface area contributed by atoms with E-state index in [2.05, 4.69) is 6.58 Å². The van der Waals surface area contributed by atoms with Crippen LogP contribution in [-0.4, -0.2) is 13.0 Å². The van der Waals surface area contributed by atoms with Crippen LogP contribution in [0.2, 0.25) is 0 Å². The Morgan fingerprint density at radius 1 is 1.50 bits per heavy atom. The lowest BCUT2D eigenvalue weighted by Gasteiger charge is -2.07. The highest BCUT2D eigenvalue weighted by Crippen LogP contribution is 2.20. The maximum atomic E-state index is 11.0.